The first kappa shape index (κ1) is 16.8. The molecule has 10 heteroatoms. The smallest absolute Gasteiger partial charge is 0.229 e. The largest absolute Gasteiger partial charge is 0.368 e. The van der Waals surface area contributed by atoms with Gasteiger partial charge >= 0.3 is 0 Å². The van der Waals surface area contributed by atoms with Crippen molar-refractivity contribution in [3.63, 3.8) is 0 Å². The standard InChI is InChI=1S/C17H14F2N8/c1-2-27-14(12-3-4-21-16(20)25-12)24-13-8-22-17(26-15(13)27)23-11-6-9(18)5-10(19)7-11/h3-8H,2H2,1H3,(H2,20,21,25)(H,22,23,26). The zero-order valence-corrected chi connectivity index (χ0v) is 14.2. The summed E-state index contributed by atoms with van der Waals surface area (Å²) in [6.45, 7) is 2.51. The lowest BCUT2D eigenvalue weighted by molar-refractivity contribution is 0.584. The molecule has 0 fully saturated rings. The lowest BCUT2D eigenvalue weighted by Gasteiger charge is -2.07. The van der Waals surface area contributed by atoms with Gasteiger partial charge in [-0.15, -0.1) is 0 Å². The van der Waals surface area contributed by atoms with Gasteiger partial charge in [-0.2, -0.15) is 4.98 Å². The Morgan fingerprint density at radius 3 is 2.56 bits per heavy atom. The highest BCUT2D eigenvalue weighted by Gasteiger charge is 2.15. The second-order valence-electron chi connectivity index (χ2n) is 5.67. The summed E-state index contributed by atoms with van der Waals surface area (Å²) in [5.74, 6) is -0.480. The maximum absolute atomic E-state index is 13.4. The van der Waals surface area contributed by atoms with Gasteiger partial charge in [-0.25, -0.2) is 28.7 Å². The minimum Gasteiger partial charge on any atom is -0.368 e. The van der Waals surface area contributed by atoms with Crippen LogP contribution in [0.2, 0.25) is 0 Å². The molecule has 0 aliphatic heterocycles. The van der Waals surface area contributed by atoms with Gasteiger partial charge in [-0.05, 0) is 25.1 Å². The number of aryl methyl sites for hydroxylation is 1. The number of hydrogen-bond donors (Lipinski definition) is 2. The van der Waals surface area contributed by atoms with Gasteiger partial charge in [-0.1, -0.05) is 0 Å². The minimum atomic E-state index is -0.694. The van der Waals surface area contributed by atoms with Crippen molar-refractivity contribution in [3.8, 4) is 11.5 Å². The number of nitrogen functional groups attached to an aromatic ring is 1. The van der Waals surface area contributed by atoms with E-state index in [9.17, 15) is 8.78 Å². The number of hydrogen-bond acceptors (Lipinski definition) is 7. The maximum Gasteiger partial charge on any atom is 0.229 e. The van der Waals surface area contributed by atoms with E-state index in [-0.39, 0.29) is 17.6 Å². The third kappa shape index (κ3) is 3.24. The number of benzene rings is 1. The molecule has 27 heavy (non-hydrogen) atoms. The van der Waals surface area contributed by atoms with Crippen molar-refractivity contribution < 1.29 is 8.78 Å². The van der Waals surface area contributed by atoms with Gasteiger partial charge in [0.05, 0.1) is 6.20 Å². The second kappa shape index (κ2) is 6.56. The van der Waals surface area contributed by atoms with Gasteiger partial charge in [0, 0.05) is 24.5 Å². The van der Waals surface area contributed by atoms with Gasteiger partial charge in [0.1, 0.15) is 22.8 Å². The molecule has 0 aliphatic rings. The van der Waals surface area contributed by atoms with Crippen LogP contribution in [0.1, 0.15) is 6.92 Å². The van der Waals surface area contributed by atoms with E-state index in [1.165, 1.54) is 6.20 Å². The fraction of sp³-hybridized carbons (Fsp3) is 0.118. The third-order valence-corrected chi connectivity index (χ3v) is 3.83. The molecular formula is C17H14F2N8. The summed E-state index contributed by atoms with van der Waals surface area (Å²) in [7, 11) is 0. The first-order valence-corrected chi connectivity index (χ1v) is 8.09. The summed E-state index contributed by atoms with van der Waals surface area (Å²) in [6.07, 6.45) is 3.08. The molecule has 1 aromatic carbocycles. The van der Waals surface area contributed by atoms with Crippen molar-refractivity contribution in [3.05, 3.63) is 48.3 Å². The molecule has 8 nitrogen and oxygen atoms in total. The van der Waals surface area contributed by atoms with Crippen LogP contribution in [-0.2, 0) is 6.54 Å². The Labute approximate surface area is 152 Å². The van der Waals surface area contributed by atoms with E-state index in [2.05, 4.69) is 30.2 Å². The second-order valence-corrected chi connectivity index (χ2v) is 5.67. The summed E-state index contributed by atoms with van der Waals surface area (Å²) in [4.78, 5) is 21.2. The van der Waals surface area contributed by atoms with Crippen molar-refractivity contribution in [2.24, 2.45) is 0 Å². The highest BCUT2D eigenvalue weighted by atomic mass is 19.1. The van der Waals surface area contributed by atoms with Crippen LogP contribution in [0.4, 0.5) is 26.4 Å². The molecule has 136 valence electrons. The number of rotatable bonds is 4. The number of nitrogens with two attached hydrogens (primary N) is 1. The van der Waals surface area contributed by atoms with Crippen molar-refractivity contribution in [2.45, 2.75) is 13.5 Å². The van der Waals surface area contributed by atoms with Crippen molar-refractivity contribution >= 4 is 28.7 Å². The van der Waals surface area contributed by atoms with Gasteiger partial charge < -0.3 is 15.6 Å². The zero-order chi connectivity index (χ0) is 19.0. The monoisotopic (exact) mass is 368 g/mol. The molecule has 3 heterocycles. The van der Waals surface area contributed by atoms with Crippen LogP contribution in [0, 0.1) is 11.6 Å². The Bertz CT molecular complexity index is 1120. The predicted octanol–water partition coefficient (Wildman–Crippen LogP) is 2.91. The first-order valence-electron chi connectivity index (χ1n) is 8.09. The summed E-state index contributed by atoms with van der Waals surface area (Å²) < 4.78 is 28.6. The van der Waals surface area contributed by atoms with Crippen LogP contribution in [0.3, 0.4) is 0 Å². The molecule has 4 aromatic rings. The Morgan fingerprint density at radius 1 is 1.07 bits per heavy atom. The SMILES string of the molecule is CCn1c(-c2ccnc(N)n2)nc2cnc(Nc3cc(F)cc(F)c3)nc21. The number of aromatic nitrogens is 6. The molecule has 0 amide bonds. The molecule has 0 aliphatic carbocycles. The van der Waals surface area contributed by atoms with Crippen molar-refractivity contribution in [1.29, 1.82) is 0 Å². The molecule has 3 N–H and O–H groups in total. The van der Waals surface area contributed by atoms with E-state index in [0.717, 1.165) is 18.2 Å². The number of fused-ring (bicyclic) bond motifs is 1. The van der Waals surface area contributed by atoms with Gasteiger partial charge in [0.25, 0.3) is 0 Å². The maximum atomic E-state index is 13.4. The number of nitrogens with zero attached hydrogens (tertiary/aromatic N) is 6. The molecular weight excluding hydrogens is 354 g/mol. The lowest BCUT2D eigenvalue weighted by atomic mass is 10.3. The molecule has 0 radical (unpaired) electrons. The van der Waals surface area contributed by atoms with Crippen LogP contribution in [0.15, 0.2) is 36.7 Å². The van der Waals surface area contributed by atoms with Gasteiger partial charge in [-0.3, -0.25) is 0 Å². The van der Waals surface area contributed by atoms with Crippen LogP contribution in [0.25, 0.3) is 22.7 Å². The van der Waals surface area contributed by atoms with E-state index in [1.807, 2.05) is 11.5 Å². The summed E-state index contributed by atoms with van der Waals surface area (Å²) >= 11 is 0. The number of nitrogens with one attached hydrogen (secondary N) is 1. The summed E-state index contributed by atoms with van der Waals surface area (Å²) in [5, 5.41) is 2.80. The van der Waals surface area contributed by atoms with E-state index in [0.29, 0.717) is 29.2 Å². The van der Waals surface area contributed by atoms with Gasteiger partial charge in [0.2, 0.25) is 11.9 Å². The fourth-order valence-electron chi connectivity index (χ4n) is 2.73. The molecule has 0 bridgehead atoms. The normalized spacial score (nSPS) is 11.1. The first-order chi connectivity index (χ1) is 13.0. The van der Waals surface area contributed by atoms with E-state index in [1.54, 1.807) is 12.3 Å². The molecule has 0 unspecified atom stereocenters. The number of anilines is 3. The fourth-order valence-corrected chi connectivity index (χ4v) is 2.73. The van der Waals surface area contributed by atoms with Crippen molar-refractivity contribution in [2.75, 3.05) is 11.1 Å². The summed E-state index contributed by atoms with van der Waals surface area (Å²) in [6, 6.07) is 4.80. The predicted molar refractivity (Wildman–Crippen MR) is 96.1 cm³/mol. The average Bonchev–Trinajstić information content (AvgIpc) is 2.98. The topological polar surface area (TPSA) is 107 Å². The zero-order valence-electron chi connectivity index (χ0n) is 14.2. The average molecular weight is 368 g/mol. The molecule has 0 atom stereocenters. The molecule has 4 rings (SSSR count). The molecule has 0 saturated heterocycles. The lowest BCUT2D eigenvalue weighted by Crippen LogP contribution is -2.03. The third-order valence-electron chi connectivity index (χ3n) is 3.83. The quantitative estimate of drug-likeness (QED) is 0.570. The Kier molecular flexibility index (Phi) is 4.07. The van der Waals surface area contributed by atoms with E-state index in [4.69, 9.17) is 5.73 Å². The van der Waals surface area contributed by atoms with E-state index >= 15 is 0 Å². The molecule has 0 saturated carbocycles. The van der Waals surface area contributed by atoms with Crippen LogP contribution in [0.5, 0.6) is 0 Å². The number of imidazole rings is 1. The van der Waals surface area contributed by atoms with Gasteiger partial charge in [0.15, 0.2) is 11.5 Å². The van der Waals surface area contributed by atoms with Crippen LogP contribution in [-0.4, -0.2) is 29.5 Å². The Morgan fingerprint density at radius 2 is 1.85 bits per heavy atom. The summed E-state index contributed by atoms with van der Waals surface area (Å²) in [5.41, 5.74) is 7.53. The molecule has 0 spiro atoms. The van der Waals surface area contributed by atoms with Crippen molar-refractivity contribution in [1.82, 2.24) is 29.5 Å². The van der Waals surface area contributed by atoms with Crippen LogP contribution < -0.4 is 11.1 Å². The Hall–Kier alpha value is -3.69. The Balaban J connectivity index is 1.78. The minimum absolute atomic E-state index is 0.142. The van der Waals surface area contributed by atoms with Crippen LogP contribution >= 0.6 is 0 Å². The number of halogens is 2. The molecule has 3 aromatic heterocycles. The highest BCUT2D eigenvalue weighted by molar-refractivity contribution is 5.77. The highest BCUT2D eigenvalue weighted by Crippen LogP contribution is 2.24. The van der Waals surface area contributed by atoms with E-state index < -0.39 is 11.6 Å².